The fourth-order valence-electron chi connectivity index (χ4n) is 2.43. The maximum atomic E-state index is 12.1. The number of H-pyrrole nitrogens is 1. The lowest BCUT2D eigenvalue weighted by Gasteiger charge is -2.10. The maximum Gasteiger partial charge on any atom is 0.324 e. The third kappa shape index (κ3) is 5.46. The average molecular weight is 386 g/mol. The van der Waals surface area contributed by atoms with Gasteiger partial charge in [0.25, 0.3) is 0 Å². The molecule has 0 unspecified atom stereocenters. The highest BCUT2D eigenvalue weighted by atomic mass is 35.5. The summed E-state index contributed by atoms with van der Waals surface area (Å²) in [6.07, 6.45) is 3.59. The van der Waals surface area contributed by atoms with Crippen molar-refractivity contribution in [3.8, 4) is 5.75 Å². The Labute approximate surface area is 162 Å². The lowest BCUT2D eigenvalue weighted by Crippen LogP contribution is -2.19. The third-order valence-corrected chi connectivity index (χ3v) is 3.98. The molecule has 0 aliphatic carbocycles. The SMILES string of the molecule is CCCc1cc(NC(=O)Nc2ccc(OCc3ccccn3)c(Cl)c2)n[nH]1. The molecule has 2 heterocycles. The number of pyridine rings is 1. The van der Waals surface area contributed by atoms with E-state index in [1.54, 1.807) is 24.4 Å². The number of benzene rings is 1. The van der Waals surface area contributed by atoms with Crippen molar-refractivity contribution in [2.45, 2.75) is 26.4 Å². The van der Waals surface area contributed by atoms with Gasteiger partial charge in [-0.3, -0.25) is 15.4 Å². The van der Waals surface area contributed by atoms with Crippen molar-refractivity contribution < 1.29 is 9.53 Å². The van der Waals surface area contributed by atoms with Crippen LogP contribution in [0.5, 0.6) is 5.75 Å². The minimum absolute atomic E-state index is 0.313. The summed E-state index contributed by atoms with van der Waals surface area (Å²) in [5, 5.41) is 12.7. The molecule has 140 valence electrons. The van der Waals surface area contributed by atoms with Crippen molar-refractivity contribution in [3.63, 3.8) is 0 Å². The normalized spacial score (nSPS) is 10.4. The van der Waals surface area contributed by atoms with Crippen molar-refractivity contribution >= 4 is 29.1 Å². The van der Waals surface area contributed by atoms with Crippen LogP contribution in [0.25, 0.3) is 0 Å². The highest BCUT2D eigenvalue weighted by molar-refractivity contribution is 6.32. The summed E-state index contributed by atoms with van der Waals surface area (Å²) in [4.78, 5) is 16.3. The number of amides is 2. The van der Waals surface area contributed by atoms with Crippen LogP contribution in [-0.4, -0.2) is 21.2 Å². The van der Waals surface area contributed by atoms with Gasteiger partial charge in [0, 0.05) is 23.6 Å². The lowest BCUT2D eigenvalue weighted by molar-refractivity contribution is 0.262. The smallest absolute Gasteiger partial charge is 0.324 e. The van der Waals surface area contributed by atoms with Crippen LogP contribution in [0.2, 0.25) is 5.02 Å². The van der Waals surface area contributed by atoms with E-state index in [9.17, 15) is 4.79 Å². The molecule has 7 nitrogen and oxygen atoms in total. The number of carbonyl (C=O) groups is 1. The molecule has 0 spiro atoms. The topological polar surface area (TPSA) is 91.9 Å². The van der Waals surface area contributed by atoms with Crippen molar-refractivity contribution in [1.82, 2.24) is 15.2 Å². The maximum absolute atomic E-state index is 12.1. The van der Waals surface area contributed by atoms with Gasteiger partial charge in [-0.2, -0.15) is 5.10 Å². The molecule has 3 rings (SSSR count). The summed E-state index contributed by atoms with van der Waals surface area (Å²) in [5.41, 5.74) is 2.33. The molecule has 0 radical (unpaired) electrons. The molecule has 0 atom stereocenters. The number of hydrogen-bond acceptors (Lipinski definition) is 4. The molecule has 3 aromatic rings. The van der Waals surface area contributed by atoms with E-state index in [-0.39, 0.29) is 0 Å². The molecule has 0 bridgehead atoms. The summed E-state index contributed by atoms with van der Waals surface area (Å²) >= 11 is 6.24. The van der Waals surface area contributed by atoms with Gasteiger partial charge in [-0.25, -0.2) is 4.79 Å². The van der Waals surface area contributed by atoms with Crippen LogP contribution in [0.15, 0.2) is 48.7 Å². The van der Waals surface area contributed by atoms with Crippen molar-refractivity contribution in [3.05, 3.63) is 65.1 Å². The number of ether oxygens (including phenoxy) is 1. The van der Waals surface area contributed by atoms with Gasteiger partial charge in [0.05, 0.1) is 10.7 Å². The summed E-state index contributed by atoms with van der Waals surface area (Å²) in [5.74, 6) is 0.988. The monoisotopic (exact) mass is 385 g/mol. The number of aryl methyl sites for hydroxylation is 1. The standard InChI is InChI=1S/C19H20ClN5O2/c1-2-5-14-11-18(25-24-14)23-19(26)22-13-7-8-17(16(20)10-13)27-12-15-6-3-4-9-21-15/h3-4,6-11H,2,5,12H2,1H3,(H3,22,23,24,25,26). The molecule has 0 aliphatic heterocycles. The Hall–Kier alpha value is -3.06. The fourth-order valence-corrected chi connectivity index (χ4v) is 2.67. The van der Waals surface area contributed by atoms with Gasteiger partial charge in [0.2, 0.25) is 0 Å². The number of aromatic nitrogens is 3. The van der Waals surface area contributed by atoms with Gasteiger partial charge in [0.1, 0.15) is 12.4 Å². The van der Waals surface area contributed by atoms with Gasteiger partial charge in [-0.1, -0.05) is 31.0 Å². The first-order chi connectivity index (χ1) is 13.1. The van der Waals surface area contributed by atoms with Crippen LogP contribution in [0, 0.1) is 0 Å². The minimum atomic E-state index is -0.400. The number of hydrogen-bond donors (Lipinski definition) is 3. The summed E-state index contributed by atoms with van der Waals surface area (Å²) in [7, 11) is 0. The quantitative estimate of drug-likeness (QED) is 0.552. The number of aromatic amines is 1. The Kier molecular flexibility index (Phi) is 6.27. The predicted molar refractivity (Wildman–Crippen MR) is 105 cm³/mol. The number of halogens is 1. The van der Waals surface area contributed by atoms with E-state index in [1.165, 1.54) is 0 Å². The predicted octanol–water partition coefficient (Wildman–Crippen LogP) is 4.63. The van der Waals surface area contributed by atoms with Crippen molar-refractivity contribution in [1.29, 1.82) is 0 Å². The van der Waals surface area contributed by atoms with Crippen LogP contribution in [0.3, 0.4) is 0 Å². The highest BCUT2D eigenvalue weighted by Gasteiger charge is 2.09. The highest BCUT2D eigenvalue weighted by Crippen LogP contribution is 2.28. The molecule has 0 saturated heterocycles. The number of nitrogens with zero attached hydrogens (tertiary/aromatic N) is 2. The molecule has 0 fully saturated rings. The zero-order valence-corrected chi connectivity index (χ0v) is 15.6. The fraction of sp³-hybridized carbons (Fsp3) is 0.211. The summed E-state index contributed by atoms with van der Waals surface area (Å²) < 4.78 is 5.67. The van der Waals surface area contributed by atoms with Gasteiger partial charge in [-0.15, -0.1) is 0 Å². The lowest BCUT2D eigenvalue weighted by atomic mass is 10.2. The van der Waals surface area contributed by atoms with Crippen LogP contribution in [-0.2, 0) is 13.0 Å². The van der Waals surface area contributed by atoms with Crippen LogP contribution >= 0.6 is 11.6 Å². The Morgan fingerprint density at radius 3 is 2.85 bits per heavy atom. The number of rotatable bonds is 7. The Morgan fingerprint density at radius 2 is 2.11 bits per heavy atom. The zero-order chi connectivity index (χ0) is 19.1. The number of nitrogens with one attached hydrogen (secondary N) is 3. The van der Waals surface area contributed by atoms with Gasteiger partial charge in [-0.05, 0) is 36.8 Å². The number of carbonyl (C=O) groups excluding carboxylic acids is 1. The van der Waals surface area contributed by atoms with E-state index in [0.29, 0.717) is 28.9 Å². The van der Waals surface area contributed by atoms with Crippen LogP contribution in [0.4, 0.5) is 16.3 Å². The first-order valence-corrected chi connectivity index (χ1v) is 8.96. The van der Waals surface area contributed by atoms with Crippen LogP contribution < -0.4 is 15.4 Å². The molecule has 27 heavy (non-hydrogen) atoms. The molecular weight excluding hydrogens is 366 g/mol. The minimum Gasteiger partial charge on any atom is -0.486 e. The van der Waals surface area contributed by atoms with E-state index in [1.807, 2.05) is 24.3 Å². The second-order valence-electron chi connectivity index (χ2n) is 5.86. The van der Waals surface area contributed by atoms with Crippen molar-refractivity contribution in [2.24, 2.45) is 0 Å². The molecule has 1 aromatic carbocycles. The molecule has 0 saturated carbocycles. The first kappa shape index (κ1) is 18.7. The summed E-state index contributed by atoms with van der Waals surface area (Å²) in [6.45, 7) is 2.39. The molecule has 2 amide bonds. The number of urea groups is 1. The van der Waals surface area contributed by atoms with Gasteiger partial charge >= 0.3 is 6.03 Å². The second-order valence-corrected chi connectivity index (χ2v) is 6.27. The van der Waals surface area contributed by atoms with E-state index in [2.05, 4.69) is 32.7 Å². The van der Waals surface area contributed by atoms with Crippen LogP contribution in [0.1, 0.15) is 24.7 Å². The van der Waals surface area contributed by atoms with Gasteiger partial charge < -0.3 is 10.1 Å². The van der Waals surface area contributed by atoms with E-state index >= 15 is 0 Å². The van der Waals surface area contributed by atoms with Crippen molar-refractivity contribution in [2.75, 3.05) is 10.6 Å². The largest absolute Gasteiger partial charge is 0.486 e. The molecule has 8 heteroatoms. The first-order valence-electron chi connectivity index (χ1n) is 8.58. The second kappa shape index (κ2) is 9.05. The Morgan fingerprint density at radius 1 is 1.22 bits per heavy atom. The number of anilines is 2. The van der Waals surface area contributed by atoms with E-state index in [4.69, 9.17) is 16.3 Å². The molecule has 0 aliphatic rings. The molecule has 2 aromatic heterocycles. The average Bonchev–Trinajstić information content (AvgIpc) is 3.09. The third-order valence-electron chi connectivity index (χ3n) is 3.68. The Balaban J connectivity index is 1.55. The molecular formula is C19H20ClN5O2. The Bertz CT molecular complexity index is 898. The van der Waals surface area contributed by atoms with E-state index < -0.39 is 6.03 Å². The summed E-state index contributed by atoms with van der Waals surface area (Å²) in [6, 6.07) is 12.1. The molecule has 3 N–H and O–H groups in total. The zero-order valence-electron chi connectivity index (χ0n) is 14.8. The van der Waals surface area contributed by atoms with E-state index in [0.717, 1.165) is 24.2 Å². The van der Waals surface area contributed by atoms with Gasteiger partial charge in [0.15, 0.2) is 5.82 Å².